The second-order valence-corrected chi connectivity index (χ2v) is 6.30. The van der Waals surface area contributed by atoms with Gasteiger partial charge >= 0.3 is 0 Å². The summed E-state index contributed by atoms with van der Waals surface area (Å²) in [4.78, 5) is 0. The first-order valence-corrected chi connectivity index (χ1v) is 9.14. The lowest BCUT2D eigenvalue weighted by molar-refractivity contribution is -0.373. The van der Waals surface area contributed by atoms with Crippen LogP contribution in [0.25, 0.3) is 0 Å². The molecule has 2 fully saturated rings. The second-order valence-electron chi connectivity index (χ2n) is 6.30. The van der Waals surface area contributed by atoms with Gasteiger partial charge < -0.3 is 14.2 Å². The highest BCUT2D eigenvalue weighted by molar-refractivity contribution is 5.05. The first kappa shape index (κ1) is 18.3. The van der Waals surface area contributed by atoms with E-state index in [4.69, 9.17) is 14.2 Å². The van der Waals surface area contributed by atoms with Crippen molar-refractivity contribution in [1.82, 2.24) is 0 Å². The van der Waals surface area contributed by atoms with Crippen LogP contribution in [0.15, 0.2) is 0 Å². The summed E-state index contributed by atoms with van der Waals surface area (Å²) in [6.45, 7) is 5.61. The average molecular weight is 318 g/mol. The number of hydrogen-bond acceptors (Lipinski definition) is 3. The molecule has 0 bridgehead atoms. The smallest absolute Gasteiger partial charge is 0.182 e. The number of hydrogen-bond donors (Lipinski definition) is 0. The predicted molar refractivity (Wildman–Crippen MR) is 91.5 cm³/mol. The van der Waals surface area contributed by atoms with Crippen molar-refractivity contribution in [2.24, 2.45) is 0 Å². The van der Waals surface area contributed by atoms with E-state index in [9.17, 15) is 0 Å². The van der Waals surface area contributed by atoms with Gasteiger partial charge in [0.1, 0.15) is 0 Å². The monoisotopic (exact) mass is 318 g/mol. The van der Waals surface area contributed by atoms with Gasteiger partial charge in [0.2, 0.25) is 0 Å². The van der Waals surface area contributed by atoms with Crippen LogP contribution in [-0.4, -0.2) is 24.8 Å². The average Bonchev–Trinajstić information content (AvgIpc) is 2.57. The Kier molecular flexibility index (Phi) is 7.44. The molecule has 0 saturated carbocycles. The first-order valence-electron chi connectivity index (χ1n) is 9.14. The van der Waals surface area contributed by atoms with Gasteiger partial charge in [-0.25, -0.2) is 0 Å². The van der Waals surface area contributed by atoms with Crippen molar-refractivity contribution in [1.29, 1.82) is 0 Å². The standard InChI is InChI=1S/C20H30O3/c1-3-5-7-13-19(15-9-11-17-21-19)23-20(14-8-6-4-2)16-10-12-18-22-20/h3-4,9-18H2,1-2H3. The van der Waals surface area contributed by atoms with Crippen molar-refractivity contribution in [2.45, 2.75) is 89.6 Å². The van der Waals surface area contributed by atoms with Crippen LogP contribution in [-0.2, 0) is 14.2 Å². The largest absolute Gasteiger partial charge is 0.349 e. The van der Waals surface area contributed by atoms with Crippen molar-refractivity contribution < 1.29 is 14.2 Å². The molecule has 2 atom stereocenters. The predicted octanol–water partition coefficient (Wildman–Crippen LogP) is 4.40. The highest BCUT2D eigenvalue weighted by Gasteiger charge is 2.44. The van der Waals surface area contributed by atoms with E-state index in [2.05, 4.69) is 37.5 Å². The molecular formula is C20H30O3. The minimum atomic E-state index is -0.619. The van der Waals surface area contributed by atoms with E-state index in [1.807, 2.05) is 0 Å². The van der Waals surface area contributed by atoms with E-state index < -0.39 is 11.6 Å². The highest BCUT2D eigenvalue weighted by atomic mass is 16.8. The van der Waals surface area contributed by atoms with Gasteiger partial charge in [-0.1, -0.05) is 25.7 Å². The van der Waals surface area contributed by atoms with Crippen LogP contribution in [0.1, 0.15) is 78.1 Å². The fourth-order valence-corrected chi connectivity index (χ4v) is 3.15. The van der Waals surface area contributed by atoms with Crippen LogP contribution in [0, 0.1) is 23.7 Å². The van der Waals surface area contributed by atoms with Crippen LogP contribution in [0.2, 0.25) is 0 Å². The van der Waals surface area contributed by atoms with Crippen molar-refractivity contribution in [3.63, 3.8) is 0 Å². The van der Waals surface area contributed by atoms with E-state index >= 15 is 0 Å². The van der Waals surface area contributed by atoms with Crippen LogP contribution in [0.3, 0.4) is 0 Å². The molecule has 2 rings (SSSR count). The normalized spacial score (nSPS) is 30.7. The summed E-state index contributed by atoms with van der Waals surface area (Å²) in [7, 11) is 0. The maximum absolute atomic E-state index is 6.55. The topological polar surface area (TPSA) is 27.7 Å². The zero-order valence-electron chi connectivity index (χ0n) is 14.7. The Morgan fingerprint density at radius 1 is 0.739 bits per heavy atom. The number of rotatable bonds is 4. The summed E-state index contributed by atoms with van der Waals surface area (Å²) in [5.74, 6) is 11.5. The molecular weight excluding hydrogens is 288 g/mol. The zero-order chi connectivity index (χ0) is 16.4. The summed E-state index contributed by atoms with van der Waals surface area (Å²) in [5, 5.41) is 0. The molecule has 0 aromatic rings. The summed E-state index contributed by atoms with van der Waals surface area (Å²) in [6, 6.07) is 0. The van der Waals surface area contributed by atoms with Crippen molar-refractivity contribution in [3.8, 4) is 23.7 Å². The lowest BCUT2D eigenvalue weighted by Gasteiger charge is -2.45. The van der Waals surface area contributed by atoms with Gasteiger partial charge in [0.15, 0.2) is 11.6 Å². The van der Waals surface area contributed by atoms with Crippen LogP contribution in [0.5, 0.6) is 0 Å². The molecule has 0 aliphatic carbocycles. The lowest BCUT2D eigenvalue weighted by Crippen LogP contribution is -2.50. The van der Waals surface area contributed by atoms with E-state index in [1.165, 1.54) is 0 Å². The quantitative estimate of drug-likeness (QED) is 0.719. The fraction of sp³-hybridized carbons (Fsp3) is 0.800. The van der Waals surface area contributed by atoms with Gasteiger partial charge in [-0.2, -0.15) is 0 Å². The molecule has 2 heterocycles. The molecule has 0 amide bonds. The van der Waals surface area contributed by atoms with Gasteiger partial charge in [0, 0.05) is 25.7 Å². The molecule has 2 saturated heterocycles. The van der Waals surface area contributed by atoms with Gasteiger partial charge in [-0.3, -0.25) is 0 Å². The van der Waals surface area contributed by atoms with Crippen molar-refractivity contribution in [2.75, 3.05) is 13.2 Å². The van der Waals surface area contributed by atoms with Crippen molar-refractivity contribution >= 4 is 0 Å². The van der Waals surface area contributed by atoms with E-state index in [1.54, 1.807) is 0 Å². The molecule has 0 aromatic heterocycles. The Morgan fingerprint density at radius 2 is 1.22 bits per heavy atom. The number of ether oxygens (including phenoxy) is 3. The van der Waals surface area contributed by atoms with Crippen molar-refractivity contribution in [3.05, 3.63) is 0 Å². The lowest BCUT2D eigenvalue weighted by atomic mass is 9.98. The summed E-state index contributed by atoms with van der Waals surface area (Å²) < 4.78 is 18.7. The minimum Gasteiger partial charge on any atom is -0.349 e. The Bertz CT molecular complexity index is 419. The molecule has 3 heteroatoms. The summed E-state index contributed by atoms with van der Waals surface area (Å²) in [6.07, 6.45) is 9.15. The third kappa shape index (κ3) is 5.54. The third-order valence-electron chi connectivity index (χ3n) is 4.33. The van der Waals surface area contributed by atoms with Crippen LogP contribution >= 0.6 is 0 Å². The third-order valence-corrected chi connectivity index (χ3v) is 4.33. The van der Waals surface area contributed by atoms with E-state index in [0.717, 1.165) is 64.6 Å². The first-order chi connectivity index (χ1) is 11.2. The maximum Gasteiger partial charge on any atom is 0.182 e. The van der Waals surface area contributed by atoms with E-state index in [0.29, 0.717) is 12.8 Å². The van der Waals surface area contributed by atoms with Crippen LogP contribution < -0.4 is 0 Å². The molecule has 2 unspecified atom stereocenters. The molecule has 3 nitrogen and oxygen atoms in total. The molecule has 0 aromatic carbocycles. The Hall–Kier alpha value is -1.00. The molecule has 2 aliphatic rings. The molecule has 0 N–H and O–H groups in total. The Labute approximate surface area is 141 Å². The maximum atomic E-state index is 6.55. The highest BCUT2D eigenvalue weighted by Crippen LogP contribution is 2.39. The van der Waals surface area contributed by atoms with Gasteiger partial charge in [0.05, 0.1) is 26.1 Å². The minimum absolute atomic E-state index is 0.618. The van der Waals surface area contributed by atoms with Crippen LogP contribution in [0.4, 0.5) is 0 Å². The Balaban J connectivity index is 2.14. The Morgan fingerprint density at radius 3 is 1.57 bits per heavy atom. The molecule has 2 aliphatic heterocycles. The second kappa shape index (κ2) is 9.33. The van der Waals surface area contributed by atoms with Gasteiger partial charge in [-0.05, 0) is 25.7 Å². The molecule has 0 spiro atoms. The van der Waals surface area contributed by atoms with E-state index in [-0.39, 0.29) is 0 Å². The van der Waals surface area contributed by atoms with Gasteiger partial charge in [-0.15, -0.1) is 11.8 Å². The fourth-order valence-electron chi connectivity index (χ4n) is 3.15. The molecule has 128 valence electrons. The SMILES string of the molecule is CCC#CCC1(OC2(CC#CCC)CCCCO2)CCCCO1. The zero-order valence-corrected chi connectivity index (χ0v) is 14.7. The summed E-state index contributed by atoms with van der Waals surface area (Å²) >= 11 is 0. The molecule has 23 heavy (non-hydrogen) atoms. The molecule has 0 radical (unpaired) electrons. The van der Waals surface area contributed by atoms with Gasteiger partial charge in [0.25, 0.3) is 0 Å². The summed E-state index contributed by atoms with van der Waals surface area (Å²) in [5.41, 5.74) is 0.